The van der Waals surface area contributed by atoms with E-state index in [1.807, 2.05) is 0 Å². The van der Waals surface area contributed by atoms with E-state index in [0.717, 1.165) is 8.95 Å². The van der Waals surface area contributed by atoms with Gasteiger partial charge in [-0.05, 0) is 29.8 Å². The minimum absolute atomic E-state index is 0.125. The van der Waals surface area contributed by atoms with Crippen LogP contribution in [-0.4, -0.2) is 30.1 Å². The Morgan fingerprint density at radius 1 is 1.17 bits per heavy atom. The number of amides is 1. The first-order valence-corrected chi connectivity index (χ1v) is 8.61. The summed E-state index contributed by atoms with van der Waals surface area (Å²) in [6.45, 7) is 0. The van der Waals surface area contributed by atoms with E-state index in [4.69, 9.17) is 4.74 Å². The van der Waals surface area contributed by atoms with E-state index in [9.17, 15) is 14.7 Å². The molecule has 0 aliphatic carbocycles. The molecule has 1 atom stereocenters. The molecule has 0 unspecified atom stereocenters. The van der Waals surface area contributed by atoms with Gasteiger partial charge in [-0.15, -0.1) is 0 Å². The summed E-state index contributed by atoms with van der Waals surface area (Å²) < 4.78 is 6.67. The van der Waals surface area contributed by atoms with Gasteiger partial charge in [0.05, 0.1) is 7.11 Å². The number of aliphatic carboxylic acids is 1. The lowest BCUT2D eigenvalue weighted by Gasteiger charge is -2.16. The van der Waals surface area contributed by atoms with Gasteiger partial charge in [0.1, 0.15) is 11.8 Å². The van der Waals surface area contributed by atoms with Crippen molar-refractivity contribution in [3.05, 3.63) is 62.5 Å². The highest BCUT2D eigenvalue weighted by atomic mass is 79.9. The number of benzene rings is 2. The Bertz CT molecular complexity index is 744. The lowest BCUT2D eigenvalue weighted by molar-refractivity contribution is -0.139. The molecule has 7 heteroatoms. The molecule has 24 heavy (non-hydrogen) atoms. The maximum absolute atomic E-state index is 12.4. The van der Waals surface area contributed by atoms with Gasteiger partial charge in [0.25, 0.3) is 5.91 Å². The van der Waals surface area contributed by atoms with Crippen molar-refractivity contribution >= 4 is 43.7 Å². The van der Waals surface area contributed by atoms with Crippen molar-refractivity contribution in [3.63, 3.8) is 0 Å². The van der Waals surface area contributed by atoms with Gasteiger partial charge in [0, 0.05) is 20.9 Å². The van der Waals surface area contributed by atoms with Crippen molar-refractivity contribution in [2.45, 2.75) is 12.5 Å². The Morgan fingerprint density at radius 3 is 2.38 bits per heavy atom. The SMILES string of the molecule is COc1ccccc1C[C@H](NC(=O)c1cc(Br)cc(Br)c1)C(=O)O. The van der Waals surface area contributed by atoms with Crippen molar-refractivity contribution in [2.24, 2.45) is 0 Å². The molecule has 0 heterocycles. The number of nitrogens with one attached hydrogen (secondary N) is 1. The van der Waals surface area contributed by atoms with Crippen molar-refractivity contribution in [3.8, 4) is 5.75 Å². The summed E-state index contributed by atoms with van der Waals surface area (Å²) in [7, 11) is 1.52. The monoisotopic (exact) mass is 455 g/mol. The van der Waals surface area contributed by atoms with E-state index in [-0.39, 0.29) is 6.42 Å². The number of methoxy groups -OCH3 is 1. The van der Waals surface area contributed by atoms with Crippen LogP contribution in [0.5, 0.6) is 5.75 Å². The standard InChI is InChI=1S/C17H15Br2NO4/c1-24-15-5-3-2-4-10(15)8-14(17(22)23)20-16(21)11-6-12(18)9-13(19)7-11/h2-7,9,14H,8H2,1H3,(H,20,21)(H,22,23)/t14-/m0/s1. The highest BCUT2D eigenvalue weighted by molar-refractivity contribution is 9.11. The third-order valence-corrected chi connectivity index (χ3v) is 4.26. The third kappa shape index (κ3) is 4.82. The Balaban J connectivity index is 2.19. The summed E-state index contributed by atoms with van der Waals surface area (Å²) >= 11 is 6.61. The molecule has 2 aromatic carbocycles. The van der Waals surface area contributed by atoms with Crippen molar-refractivity contribution in [1.29, 1.82) is 0 Å². The largest absolute Gasteiger partial charge is 0.496 e. The number of rotatable bonds is 6. The number of carbonyl (C=O) groups excluding carboxylic acids is 1. The van der Waals surface area contributed by atoms with Gasteiger partial charge in [0.2, 0.25) is 0 Å². The van der Waals surface area contributed by atoms with Gasteiger partial charge < -0.3 is 15.2 Å². The van der Waals surface area contributed by atoms with E-state index < -0.39 is 17.9 Å². The second-order valence-electron chi connectivity index (χ2n) is 5.04. The van der Waals surface area contributed by atoms with Crippen LogP contribution in [0.15, 0.2) is 51.4 Å². The molecule has 0 bridgehead atoms. The topological polar surface area (TPSA) is 75.6 Å². The molecule has 5 nitrogen and oxygen atoms in total. The normalized spacial score (nSPS) is 11.6. The fraction of sp³-hybridized carbons (Fsp3) is 0.176. The zero-order chi connectivity index (χ0) is 17.7. The molecule has 0 aliphatic rings. The van der Waals surface area contributed by atoms with Crippen molar-refractivity contribution in [2.75, 3.05) is 7.11 Å². The van der Waals surface area contributed by atoms with E-state index >= 15 is 0 Å². The molecular formula is C17H15Br2NO4. The number of hydrogen-bond acceptors (Lipinski definition) is 3. The Hall–Kier alpha value is -1.86. The Morgan fingerprint density at radius 2 is 1.79 bits per heavy atom. The van der Waals surface area contributed by atoms with Crippen LogP contribution in [0.25, 0.3) is 0 Å². The number of hydrogen-bond donors (Lipinski definition) is 2. The van der Waals surface area contributed by atoms with Crippen LogP contribution in [0.2, 0.25) is 0 Å². The van der Waals surface area contributed by atoms with E-state index in [1.165, 1.54) is 7.11 Å². The smallest absolute Gasteiger partial charge is 0.326 e. The number of ether oxygens (including phenoxy) is 1. The quantitative estimate of drug-likeness (QED) is 0.695. The Kier molecular flexibility index (Phi) is 6.39. The molecule has 0 radical (unpaired) electrons. The first-order chi connectivity index (χ1) is 11.4. The first kappa shape index (κ1) is 18.5. The molecule has 2 rings (SSSR count). The maximum Gasteiger partial charge on any atom is 0.326 e. The molecule has 0 saturated carbocycles. The summed E-state index contributed by atoms with van der Waals surface area (Å²) in [5.74, 6) is -0.981. The summed E-state index contributed by atoms with van der Waals surface area (Å²) in [5, 5.41) is 12.0. The maximum atomic E-state index is 12.4. The molecule has 1 amide bonds. The minimum atomic E-state index is -1.11. The number of carboxylic acids is 1. The molecule has 0 aromatic heterocycles. The fourth-order valence-electron chi connectivity index (χ4n) is 2.22. The van der Waals surface area contributed by atoms with E-state index in [0.29, 0.717) is 16.9 Å². The number of para-hydroxylation sites is 1. The molecular weight excluding hydrogens is 442 g/mol. The van der Waals surface area contributed by atoms with Crippen LogP contribution in [0, 0.1) is 0 Å². The van der Waals surface area contributed by atoms with Crippen molar-refractivity contribution in [1.82, 2.24) is 5.32 Å². The summed E-state index contributed by atoms with van der Waals surface area (Å²) in [4.78, 5) is 23.9. The molecule has 0 spiro atoms. The number of carboxylic acid groups (broad SMARTS) is 1. The van der Waals surface area contributed by atoms with Crippen LogP contribution in [0.1, 0.15) is 15.9 Å². The number of carbonyl (C=O) groups is 2. The van der Waals surface area contributed by atoms with Gasteiger partial charge in [0.15, 0.2) is 0 Å². The molecule has 0 saturated heterocycles. The summed E-state index contributed by atoms with van der Waals surface area (Å²) in [6.07, 6.45) is 0.125. The van der Waals surface area contributed by atoms with Crippen molar-refractivity contribution < 1.29 is 19.4 Å². The van der Waals surface area contributed by atoms with Crippen LogP contribution in [-0.2, 0) is 11.2 Å². The summed E-state index contributed by atoms with van der Waals surface area (Å²) in [6, 6.07) is 11.1. The van der Waals surface area contributed by atoms with Gasteiger partial charge in [-0.2, -0.15) is 0 Å². The molecule has 2 N–H and O–H groups in total. The molecule has 2 aromatic rings. The van der Waals surface area contributed by atoms with Gasteiger partial charge in [-0.3, -0.25) is 4.79 Å². The molecule has 0 fully saturated rings. The second-order valence-corrected chi connectivity index (χ2v) is 6.87. The lowest BCUT2D eigenvalue weighted by Crippen LogP contribution is -2.42. The first-order valence-electron chi connectivity index (χ1n) is 7.02. The average Bonchev–Trinajstić information content (AvgIpc) is 2.53. The summed E-state index contributed by atoms with van der Waals surface area (Å²) in [5.41, 5.74) is 1.07. The highest BCUT2D eigenvalue weighted by Gasteiger charge is 2.22. The third-order valence-electron chi connectivity index (χ3n) is 3.34. The van der Waals surface area contributed by atoms with Crippen LogP contribution in [0.3, 0.4) is 0 Å². The average molecular weight is 457 g/mol. The zero-order valence-corrected chi connectivity index (χ0v) is 15.9. The highest BCUT2D eigenvalue weighted by Crippen LogP contribution is 2.21. The minimum Gasteiger partial charge on any atom is -0.496 e. The predicted octanol–water partition coefficient (Wildman–Crippen LogP) is 3.65. The fourth-order valence-corrected chi connectivity index (χ4v) is 3.51. The van der Waals surface area contributed by atoms with Gasteiger partial charge in [-0.1, -0.05) is 50.1 Å². The van der Waals surface area contributed by atoms with Gasteiger partial charge >= 0.3 is 5.97 Å². The Labute approximate surface area is 156 Å². The van der Waals surface area contributed by atoms with Crippen LogP contribution < -0.4 is 10.1 Å². The number of halogens is 2. The zero-order valence-electron chi connectivity index (χ0n) is 12.8. The second kappa shape index (κ2) is 8.30. The lowest BCUT2D eigenvalue weighted by atomic mass is 10.0. The predicted molar refractivity (Wildman–Crippen MR) is 97.4 cm³/mol. The van der Waals surface area contributed by atoms with Crippen LogP contribution in [0.4, 0.5) is 0 Å². The van der Waals surface area contributed by atoms with E-state index in [1.54, 1.807) is 42.5 Å². The van der Waals surface area contributed by atoms with Gasteiger partial charge in [-0.25, -0.2) is 4.79 Å². The molecule has 0 aliphatic heterocycles. The molecule has 126 valence electrons. The van der Waals surface area contributed by atoms with E-state index in [2.05, 4.69) is 37.2 Å². The van der Waals surface area contributed by atoms with Crippen LogP contribution >= 0.6 is 31.9 Å².